The molecule has 5 nitrogen and oxygen atoms in total. The third kappa shape index (κ3) is 6.71. The summed E-state index contributed by atoms with van der Waals surface area (Å²) in [7, 11) is -3.30. The quantitative estimate of drug-likeness (QED) is 0.398. The van der Waals surface area contributed by atoms with Gasteiger partial charge < -0.3 is 5.32 Å². The number of sulfone groups is 1. The molecule has 0 spiro atoms. The van der Waals surface area contributed by atoms with Crippen molar-refractivity contribution in [3.63, 3.8) is 0 Å². The number of fused-ring (bicyclic) bond motifs is 1. The van der Waals surface area contributed by atoms with Crippen molar-refractivity contribution < 1.29 is 26.4 Å². The molecule has 1 N–H and O–H groups in total. The second kappa shape index (κ2) is 10.8. The number of nitrogens with zero attached hydrogens (tertiary/aromatic N) is 1. The fourth-order valence-electron chi connectivity index (χ4n) is 4.29. The van der Waals surface area contributed by atoms with Crippen molar-refractivity contribution >= 4 is 33.0 Å². The monoisotopic (exact) mass is 550 g/mol. The molecule has 4 rings (SSSR count). The van der Waals surface area contributed by atoms with E-state index in [0.29, 0.717) is 47.9 Å². The van der Waals surface area contributed by atoms with Gasteiger partial charge in [0.25, 0.3) is 0 Å². The summed E-state index contributed by atoms with van der Waals surface area (Å²) in [5, 5.41) is 3.24. The SMILES string of the molecule is CCS(=O)(=O)c1ccc(CC(=O)Nc2ccc(CN3CCc4ccc(C(F)(F)F)cc4C3)c(Cl)c2)cc1. The molecule has 1 heterocycles. The molecule has 0 aromatic heterocycles. The molecule has 3 aromatic rings. The third-order valence-corrected chi connectivity index (χ3v) is 8.49. The minimum Gasteiger partial charge on any atom is -0.326 e. The lowest BCUT2D eigenvalue weighted by molar-refractivity contribution is -0.137. The number of anilines is 1. The molecule has 3 aromatic carbocycles. The lowest BCUT2D eigenvalue weighted by Gasteiger charge is -2.29. The van der Waals surface area contributed by atoms with Gasteiger partial charge in [0.05, 0.1) is 22.6 Å². The van der Waals surface area contributed by atoms with Crippen molar-refractivity contribution in [2.24, 2.45) is 0 Å². The maximum absolute atomic E-state index is 13.1. The van der Waals surface area contributed by atoms with E-state index >= 15 is 0 Å². The van der Waals surface area contributed by atoms with E-state index in [4.69, 9.17) is 11.6 Å². The summed E-state index contributed by atoms with van der Waals surface area (Å²) in [6.45, 7) is 3.14. The molecule has 37 heavy (non-hydrogen) atoms. The summed E-state index contributed by atoms with van der Waals surface area (Å²) in [4.78, 5) is 14.8. The van der Waals surface area contributed by atoms with Crippen molar-refractivity contribution in [3.05, 3.63) is 93.5 Å². The molecule has 0 aliphatic carbocycles. The van der Waals surface area contributed by atoms with Gasteiger partial charge >= 0.3 is 6.18 Å². The smallest absolute Gasteiger partial charge is 0.326 e. The first kappa shape index (κ1) is 27.2. The molecule has 0 saturated carbocycles. The number of carbonyl (C=O) groups is 1. The number of nitrogens with one attached hydrogen (secondary N) is 1. The highest BCUT2D eigenvalue weighted by Gasteiger charge is 2.31. The summed E-state index contributed by atoms with van der Waals surface area (Å²) in [6, 6.07) is 15.3. The average molecular weight is 551 g/mol. The average Bonchev–Trinajstić information content (AvgIpc) is 2.85. The Morgan fingerprint density at radius 1 is 1.03 bits per heavy atom. The number of halogens is 4. The van der Waals surface area contributed by atoms with Gasteiger partial charge in [0, 0.05) is 30.3 Å². The first-order valence-corrected chi connectivity index (χ1v) is 13.8. The summed E-state index contributed by atoms with van der Waals surface area (Å²) in [5.41, 5.74) is 2.95. The Hall–Kier alpha value is -2.88. The summed E-state index contributed by atoms with van der Waals surface area (Å²) in [5.74, 6) is -0.267. The highest BCUT2D eigenvalue weighted by molar-refractivity contribution is 7.91. The molecular weight excluding hydrogens is 525 g/mol. The highest BCUT2D eigenvalue weighted by atomic mass is 35.5. The van der Waals surface area contributed by atoms with E-state index in [1.165, 1.54) is 18.2 Å². The largest absolute Gasteiger partial charge is 0.416 e. The maximum Gasteiger partial charge on any atom is 0.416 e. The predicted molar refractivity (Wildman–Crippen MR) is 137 cm³/mol. The molecule has 0 atom stereocenters. The predicted octanol–water partition coefficient (Wildman–Crippen LogP) is 5.89. The Morgan fingerprint density at radius 3 is 2.41 bits per heavy atom. The Labute approximate surface area is 219 Å². The van der Waals surface area contributed by atoms with Crippen LogP contribution in [0.25, 0.3) is 0 Å². The molecule has 1 amide bonds. The van der Waals surface area contributed by atoms with Gasteiger partial charge in [-0.1, -0.05) is 42.8 Å². The standard InChI is InChI=1S/C27H26ClF3N2O3S/c1-2-37(35,36)24-9-3-18(4-10-24)13-26(34)32-23-8-6-20(25(28)15-23)16-33-12-11-19-5-7-22(27(29,30)31)14-21(19)17-33/h3-10,14-15H,2,11-13,16-17H2,1H3,(H,32,34). The van der Waals surface area contributed by atoms with Crippen molar-refractivity contribution in [3.8, 4) is 0 Å². The number of carbonyl (C=O) groups excluding carboxylic acids is 1. The van der Waals surface area contributed by atoms with Gasteiger partial charge in [0.2, 0.25) is 5.91 Å². The van der Waals surface area contributed by atoms with Gasteiger partial charge in [-0.3, -0.25) is 9.69 Å². The Bertz CT molecular complexity index is 1410. The highest BCUT2D eigenvalue weighted by Crippen LogP contribution is 2.33. The van der Waals surface area contributed by atoms with E-state index < -0.39 is 21.6 Å². The number of amides is 1. The fourth-order valence-corrected chi connectivity index (χ4v) is 5.42. The van der Waals surface area contributed by atoms with Gasteiger partial charge in [0.1, 0.15) is 0 Å². The van der Waals surface area contributed by atoms with E-state index in [1.54, 1.807) is 43.3 Å². The van der Waals surface area contributed by atoms with Crippen LogP contribution in [-0.4, -0.2) is 31.5 Å². The second-order valence-corrected chi connectivity index (χ2v) is 11.7. The second-order valence-electron chi connectivity index (χ2n) is 9.02. The van der Waals surface area contributed by atoms with Crippen LogP contribution in [0.4, 0.5) is 18.9 Å². The van der Waals surface area contributed by atoms with E-state index in [9.17, 15) is 26.4 Å². The topological polar surface area (TPSA) is 66.5 Å². The molecular formula is C27H26ClF3N2O3S. The number of alkyl halides is 3. The normalized spacial score (nSPS) is 14.3. The zero-order valence-electron chi connectivity index (χ0n) is 20.1. The molecule has 196 valence electrons. The molecule has 0 bridgehead atoms. The maximum atomic E-state index is 13.1. The van der Waals surface area contributed by atoms with E-state index in [-0.39, 0.29) is 23.0 Å². The lowest BCUT2D eigenvalue weighted by Crippen LogP contribution is -2.30. The van der Waals surface area contributed by atoms with Crippen LogP contribution in [-0.2, 0) is 46.7 Å². The van der Waals surface area contributed by atoms with Crippen LogP contribution in [0.1, 0.15) is 34.7 Å². The van der Waals surface area contributed by atoms with E-state index in [1.807, 2.05) is 4.90 Å². The van der Waals surface area contributed by atoms with Crippen molar-refractivity contribution in [1.82, 2.24) is 4.90 Å². The first-order valence-electron chi connectivity index (χ1n) is 11.8. The lowest BCUT2D eigenvalue weighted by atomic mass is 9.97. The van der Waals surface area contributed by atoms with Gasteiger partial charge in [-0.15, -0.1) is 0 Å². The molecule has 1 aliphatic rings. The van der Waals surface area contributed by atoms with Crippen LogP contribution in [0, 0.1) is 0 Å². The van der Waals surface area contributed by atoms with Crippen LogP contribution < -0.4 is 5.32 Å². The molecule has 0 radical (unpaired) electrons. The summed E-state index contributed by atoms with van der Waals surface area (Å²) < 4.78 is 63.1. The first-order chi connectivity index (χ1) is 17.4. The van der Waals surface area contributed by atoms with Gasteiger partial charge in [-0.25, -0.2) is 8.42 Å². The van der Waals surface area contributed by atoms with Crippen molar-refractivity contribution in [2.45, 2.75) is 43.9 Å². The minimum atomic E-state index is -4.37. The van der Waals surface area contributed by atoms with Gasteiger partial charge in [-0.2, -0.15) is 13.2 Å². The number of hydrogen-bond acceptors (Lipinski definition) is 4. The molecule has 0 unspecified atom stereocenters. The third-order valence-electron chi connectivity index (χ3n) is 6.38. The van der Waals surface area contributed by atoms with Crippen LogP contribution in [0.2, 0.25) is 5.02 Å². The van der Waals surface area contributed by atoms with Crippen LogP contribution >= 0.6 is 11.6 Å². The van der Waals surface area contributed by atoms with Crippen molar-refractivity contribution in [2.75, 3.05) is 17.6 Å². The Balaban J connectivity index is 1.36. The van der Waals surface area contributed by atoms with E-state index in [0.717, 1.165) is 17.2 Å². The molecule has 10 heteroatoms. The Kier molecular flexibility index (Phi) is 7.96. The number of hydrogen-bond donors (Lipinski definition) is 1. The summed E-state index contributed by atoms with van der Waals surface area (Å²) in [6.07, 6.45) is -3.65. The Morgan fingerprint density at radius 2 is 1.76 bits per heavy atom. The zero-order chi connectivity index (χ0) is 26.8. The van der Waals surface area contributed by atoms with Crippen LogP contribution in [0.3, 0.4) is 0 Å². The fraction of sp³-hybridized carbons (Fsp3) is 0.296. The van der Waals surface area contributed by atoms with Crippen LogP contribution in [0.5, 0.6) is 0 Å². The molecule has 1 aliphatic heterocycles. The van der Waals surface area contributed by atoms with Gasteiger partial charge in [0.15, 0.2) is 9.84 Å². The van der Waals surface area contributed by atoms with Crippen LogP contribution in [0.15, 0.2) is 65.6 Å². The molecule has 0 fully saturated rings. The number of benzene rings is 3. The molecule has 0 saturated heterocycles. The van der Waals surface area contributed by atoms with E-state index in [2.05, 4.69) is 5.32 Å². The number of rotatable bonds is 7. The minimum absolute atomic E-state index is 0.00757. The zero-order valence-corrected chi connectivity index (χ0v) is 21.7. The summed E-state index contributed by atoms with van der Waals surface area (Å²) >= 11 is 6.47. The van der Waals surface area contributed by atoms with Crippen molar-refractivity contribution in [1.29, 1.82) is 0 Å². The van der Waals surface area contributed by atoms with Gasteiger partial charge in [-0.05, 0) is 65.1 Å².